The summed E-state index contributed by atoms with van der Waals surface area (Å²) in [6, 6.07) is 9.31. The Hall–Kier alpha value is -2.04. The lowest BCUT2D eigenvalue weighted by Gasteiger charge is -2.37. The van der Waals surface area contributed by atoms with E-state index in [4.69, 9.17) is 4.74 Å². The lowest BCUT2D eigenvalue weighted by Crippen LogP contribution is -2.55. The van der Waals surface area contributed by atoms with Crippen LogP contribution >= 0.6 is 0 Å². The number of ether oxygens (including phenoxy) is 2. The minimum atomic E-state index is -0.478. The van der Waals surface area contributed by atoms with Gasteiger partial charge in [0.15, 0.2) is 0 Å². The molecular formula is C14H17NO4. The maximum absolute atomic E-state index is 11.7. The average molecular weight is 263 g/mol. The highest BCUT2D eigenvalue weighted by atomic mass is 16.6. The third-order valence-corrected chi connectivity index (χ3v) is 3.19. The summed E-state index contributed by atoms with van der Waals surface area (Å²) in [5.41, 5.74) is 1.11. The van der Waals surface area contributed by atoms with Gasteiger partial charge in [0, 0.05) is 13.0 Å². The first-order chi connectivity index (χ1) is 9.22. The minimum Gasteiger partial charge on any atom is -0.467 e. The predicted octanol–water partition coefficient (Wildman–Crippen LogP) is 1.61. The Bertz CT molecular complexity index is 446. The lowest BCUT2D eigenvalue weighted by atomic mass is 10.1. The number of hydrogen-bond acceptors (Lipinski definition) is 4. The molecule has 1 saturated heterocycles. The van der Waals surface area contributed by atoms with E-state index in [1.165, 1.54) is 12.0 Å². The molecule has 0 radical (unpaired) electrons. The Morgan fingerprint density at radius 2 is 2.05 bits per heavy atom. The highest BCUT2D eigenvalue weighted by Gasteiger charge is 2.39. The van der Waals surface area contributed by atoms with Gasteiger partial charge in [0.2, 0.25) is 0 Å². The molecule has 1 heterocycles. The second-order valence-electron chi connectivity index (χ2n) is 4.37. The summed E-state index contributed by atoms with van der Waals surface area (Å²) in [5, 5.41) is 0. The summed E-state index contributed by atoms with van der Waals surface area (Å²) in [6.45, 7) is 0.858. The number of hydrogen-bond donors (Lipinski definition) is 0. The van der Waals surface area contributed by atoms with Crippen LogP contribution in [0.2, 0.25) is 0 Å². The van der Waals surface area contributed by atoms with E-state index in [-0.39, 0.29) is 5.97 Å². The fourth-order valence-electron chi connectivity index (χ4n) is 1.97. The highest BCUT2D eigenvalue weighted by Crippen LogP contribution is 2.19. The number of methoxy groups -OCH3 is 1. The van der Waals surface area contributed by atoms with E-state index in [9.17, 15) is 9.59 Å². The van der Waals surface area contributed by atoms with Crippen LogP contribution in [0.25, 0.3) is 0 Å². The predicted molar refractivity (Wildman–Crippen MR) is 68.6 cm³/mol. The molecule has 0 saturated carbocycles. The monoisotopic (exact) mass is 263 g/mol. The van der Waals surface area contributed by atoms with Gasteiger partial charge in [-0.2, -0.15) is 0 Å². The van der Waals surface area contributed by atoms with Crippen molar-refractivity contribution in [2.75, 3.05) is 20.3 Å². The van der Waals surface area contributed by atoms with Gasteiger partial charge < -0.3 is 9.47 Å². The van der Waals surface area contributed by atoms with E-state index >= 15 is 0 Å². The van der Waals surface area contributed by atoms with Crippen molar-refractivity contribution in [1.82, 2.24) is 4.90 Å². The number of amides is 1. The zero-order chi connectivity index (χ0) is 13.7. The average Bonchev–Trinajstić information content (AvgIpc) is 2.38. The Balaban J connectivity index is 1.74. The second kappa shape index (κ2) is 6.22. The zero-order valence-electron chi connectivity index (χ0n) is 10.9. The molecule has 1 amide bonds. The molecule has 1 aromatic carbocycles. The Morgan fingerprint density at radius 1 is 1.32 bits per heavy atom. The molecule has 0 aromatic heterocycles. The van der Waals surface area contributed by atoms with Crippen molar-refractivity contribution in [3.8, 4) is 0 Å². The molecule has 0 N–H and O–H groups in total. The molecule has 0 aliphatic carbocycles. The standard InChI is InChI=1S/C14H17NO4/c1-18-13(16)12-7-9-15(12)14(17)19-10-8-11-5-3-2-4-6-11/h2-6,12H,7-10H2,1H3. The van der Waals surface area contributed by atoms with Crippen LogP contribution < -0.4 is 0 Å². The fraction of sp³-hybridized carbons (Fsp3) is 0.429. The molecule has 1 unspecified atom stereocenters. The third-order valence-electron chi connectivity index (χ3n) is 3.19. The van der Waals surface area contributed by atoms with Gasteiger partial charge in [0.05, 0.1) is 13.7 Å². The largest absolute Gasteiger partial charge is 0.467 e. The van der Waals surface area contributed by atoms with Crippen LogP contribution in [0.5, 0.6) is 0 Å². The summed E-state index contributed by atoms with van der Waals surface area (Å²) < 4.78 is 9.77. The first-order valence-electron chi connectivity index (χ1n) is 6.27. The number of nitrogens with zero attached hydrogens (tertiary/aromatic N) is 1. The van der Waals surface area contributed by atoms with Gasteiger partial charge >= 0.3 is 12.1 Å². The molecule has 1 aliphatic heterocycles. The van der Waals surface area contributed by atoms with Gasteiger partial charge in [0.25, 0.3) is 0 Å². The Labute approximate surface area is 112 Å². The van der Waals surface area contributed by atoms with Gasteiger partial charge in [0.1, 0.15) is 6.04 Å². The molecule has 0 spiro atoms. The number of carbonyl (C=O) groups excluding carboxylic acids is 2. The normalized spacial score (nSPS) is 17.5. The van der Waals surface area contributed by atoms with Crippen LogP contribution in [0.3, 0.4) is 0 Å². The van der Waals surface area contributed by atoms with E-state index in [2.05, 4.69) is 4.74 Å². The van der Waals surface area contributed by atoms with Gasteiger partial charge in [-0.25, -0.2) is 9.59 Å². The maximum atomic E-state index is 11.7. The molecule has 1 aromatic rings. The van der Waals surface area contributed by atoms with Gasteiger partial charge in [-0.3, -0.25) is 4.90 Å². The van der Waals surface area contributed by atoms with Gasteiger partial charge in [-0.1, -0.05) is 30.3 Å². The molecule has 0 bridgehead atoms. The molecule has 1 aliphatic rings. The quantitative estimate of drug-likeness (QED) is 0.774. The smallest absolute Gasteiger partial charge is 0.410 e. The molecular weight excluding hydrogens is 246 g/mol. The molecule has 5 nitrogen and oxygen atoms in total. The maximum Gasteiger partial charge on any atom is 0.410 e. The van der Waals surface area contributed by atoms with Gasteiger partial charge in [-0.05, 0) is 12.0 Å². The van der Waals surface area contributed by atoms with E-state index in [1.807, 2.05) is 30.3 Å². The third kappa shape index (κ3) is 3.24. The number of likely N-dealkylation sites (tertiary alicyclic amines) is 1. The van der Waals surface area contributed by atoms with E-state index < -0.39 is 12.1 Å². The van der Waals surface area contributed by atoms with E-state index in [0.29, 0.717) is 26.0 Å². The molecule has 2 rings (SSSR count). The molecule has 102 valence electrons. The number of esters is 1. The summed E-state index contributed by atoms with van der Waals surface area (Å²) >= 11 is 0. The van der Waals surface area contributed by atoms with Crippen molar-refractivity contribution < 1.29 is 19.1 Å². The summed E-state index contributed by atoms with van der Waals surface area (Å²) in [5.74, 6) is -0.383. The summed E-state index contributed by atoms with van der Waals surface area (Å²) in [7, 11) is 1.32. The minimum absolute atomic E-state index is 0.313. The van der Waals surface area contributed by atoms with Crippen LogP contribution in [0.4, 0.5) is 4.79 Å². The molecule has 5 heteroatoms. The van der Waals surface area contributed by atoms with Crippen LogP contribution in [-0.4, -0.2) is 43.3 Å². The van der Waals surface area contributed by atoms with Crippen molar-refractivity contribution in [2.24, 2.45) is 0 Å². The van der Waals surface area contributed by atoms with Crippen LogP contribution in [0, 0.1) is 0 Å². The van der Waals surface area contributed by atoms with E-state index in [1.54, 1.807) is 0 Å². The first kappa shape index (κ1) is 13.4. The van der Waals surface area contributed by atoms with Crippen LogP contribution in [0.1, 0.15) is 12.0 Å². The fourth-order valence-corrected chi connectivity index (χ4v) is 1.97. The Morgan fingerprint density at radius 3 is 2.63 bits per heavy atom. The number of rotatable bonds is 4. The number of carbonyl (C=O) groups is 2. The summed E-state index contributed by atoms with van der Waals surface area (Å²) in [6.07, 6.45) is 0.863. The van der Waals surface area contributed by atoms with Crippen molar-refractivity contribution in [2.45, 2.75) is 18.9 Å². The number of benzene rings is 1. The van der Waals surface area contributed by atoms with Crippen molar-refractivity contribution in [1.29, 1.82) is 0 Å². The molecule has 1 fully saturated rings. The SMILES string of the molecule is COC(=O)C1CCN1C(=O)OCCc1ccccc1. The van der Waals surface area contributed by atoms with Crippen molar-refractivity contribution in [3.05, 3.63) is 35.9 Å². The van der Waals surface area contributed by atoms with Gasteiger partial charge in [-0.15, -0.1) is 0 Å². The van der Waals surface area contributed by atoms with E-state index in [0.717, 1.165) is 5.56 Å². The summed E-state index contributed by atoms with van der Waals surface area (Å²) in [4.78, 5) is 24.5. The zero-order valence-corrected chi connectivity index (χ0v) is 10.9. The van der Waals surface area contributed by atoms with Crippen molar-refractivity contribution in [3.63, 3.8) is 0 Å². The second-order valence-corrected chi connectivity index (χ2v) is 4.37. The Kier molecular flexibility index (Phi) is 4.39. The first-order valence-corrected chi connectivity index (χ1v) is 6.27. The lowest BCUT2D eigenvalue weighted by molar-refractivity contribution is -0.150. The molecule has 19 heavy (non-hydrogen) atoms. The van der Waals surface area contributed by atoms with Crippen LogP contribution in [-0.2, 0) is 20.7 Å². The topological polar surface area (TPSA) is 55.8 Å². The highest BCUT2D eigenvalue weighted by molar-refractivity contribution is 5.83. The van der Waals surface area contributed by atoms with Crippen LogP contribution in [0.15, 0.2) is 30.3 Å². The molecule has 1 atom stereocenters. The van der Waals surface area contributed by atoms with Crippen molar-refractivity contribution >= 4 is 12.1 Å².